The van der Waals surface area contributed by atoms with E-state index in [1.807, 2.05) is 97.1 Å². The average Bonchev–Trinajstić information content (AvgIpc) is 3.52. The van der Waals surface area contributed by atoms with Crippen molar-refractivity contribution in [3.63, 3.8) is 0 Å². The molecule has 4 aliphatic heterocycles. The molecule has 0 atom stereocenters. The summed E-state index contributed by atoms with van der Waals surface area (Å²) in [4.78, 5) is 56.2. The quantitative estimate of drug-likeness (QED) is 0.0934. The number of halogens is 12. The first-order valence-corrected chi connectivity index (χ1v) is 23.5. The molecule has 0 amide bonds. The summed E-state index contributed by atoms with van der Waals surface area (Å²) in [6, 6.07) is 43.9. The van der Waals surface area contributed by atoms with Crippen molar-refractivity contribution < 1.29 is 59.2 Å². The average molecular weight is 997 g/mol. The van der Waals surface area contributed by atoms with E-state index in [0.29, 0.717) is 79.3 Å². The molecule has 1 aromatic carbocycles. The Morgan fingerprint density at radius 1 is 0.368 bits per heavy atom. The Labute approximate surface area is 374 Å². The van der Waals surface area contributed by atoms with Gasteiger partial charge in [-0.2, -0.15) is 0 Å². The minimum absolute atomic E-state index is 0.219. The third kappa shape index (κ3) is 11.4. The van der Waals surface area contributed by atoms with E-state index in [0.717, 1.165) is 0 Å². The Bertz CT molecular complexity index is 3250. The topological polar surface area (TPSA) is 104 Å². The van der Waals surface area contributed by atoms with Crippen molar-refractivity contribution >= 4 is 15.6 Å². The summed E-state index contributed by atoms with van der Waals surface area (Å²) in [6.07, 6.45) is 0. The Morgan fingerprint density at radius 3 is 0.956 bits per heavy atom. The summed E-state index contributed by atoms with van der Waals surface area (Å²) in [5.41, 5.74) is 4.54. The molecule has 4 aliphatic carbocycles. The molecule has 0 saturated carbocycles. The molecule has 22 heteroatoms. The van der Waals surface area contributed by atoms with Gasteiger partial charge < -0.3 is 8.83 Å². The van der Waals surface area contributed by atoms with Crippen molar-refractivity contribution in [1.82, 2.24) is 9.13 Å². The maximum atomic E-state index is 14.3. The monoisotopic (exact) mass is 996 g/mol. The van der Waals surface area contributed by atoms with Gasteiger partial charge in [0.15, 0.2) is 22.6 Å². The normalized spacial score (nSPS) is 13.9. The van der Waals surface area contributed by atoms with Gasteiger partial charge in [0.1, 0.15) is 11.1 Å². The number of nitrogens with zero attached hydrogens (tertiary/aromatic N) is 2. The molecule has 8 aliphatic rings. The summed E-state index contributed by atoms with van der Waals surface area (Å²) < 4.78 is 133. The summed E-state index contributed by atoms with van der Waals surface area (Å²) in [6.45, 7) is 0. The SMILES string of the molecule is Cn1c2cccccc-2c([C+](c2ccc([C+](c3c4cccccc-4oc3=O)c3c4cccccc-4oc3=O)cc2)c2c3cccccc-3n(C)c2=O)c1=O.F[P-](F)(F)(F)(F)F.F[P-](F)(F)(F)(F)F. The van der Waals surface area contributed by atoms with Gasteiger partial charge in [-0.15, -0.1) is 0 Å². The van der Waals surface area contributed by atoms with E-state index in [4.69, 9.17) is 8.83 Å². The fraction of sp³-hybridized carbons (Fsp3) is 0.0435. The maximum absolute atomic E-state index is 14.3. The molecule has 68 heavy (non-hydrogen) atoms. The van der Waals surface area contributed by atoms with E-state index < -0.39 is 26.9 Å². The second kappa shape index (κ2) is 15.6. The molecule has 8 nitrogen and oxygen atoms in total. The van der Waals surface area contributed by atoms with Gasteiger partial charge >= 0.3 is 88.3 Å². The number of hydrogen-bond donors (Lipinski definition) is 0. The Kier molecular flexibility index (Phi) is 11.2. The van der Waals surface area contributed by atoms with Crippen LogP contribution in [0.4, 0.5) is 50.4 Å². The summed E-state index contributed by atoms with van der Waals surface area (Å²) in [5, 5.41) is 0. The molecule has 0 bridgehead atoms. The minimum atomic E-state index is -10.7. The predicted octanol–water partition coefficient (Wildman–Crippen LogP) is 14.2. The van der Waals surface area contributed by atoms with Gasteiger partial charge in [-0.05, 0) is 48.5 Å². The number of hydrogen-bond acceptors (Lipinski definition) is 6. The van der Waals surface area contributed by atoms with E-state index in [9.17, 15) is 69.5 Å². The van der Waals surface area contributed by atoms with Gasteiger partial charge in [0, 0.05) is 38.4 Å². The Hall–Kier alpha value is -7.30. The number of rotatable bonds is 6. The summed E-state index contributed by atoms with van der Waals surface area (Å²) in [5.74, 6) is 1.56. The third-order valence-electron chi connectivity index (χ3n) is 10.1. The van der Waals surface area contributed by atoms with Gasteiger partial charge in [0.25, 0.3) is 0 Å². The van der Waals surface area contributed by atoms with Crippen LogP contribution in [0.5, 0.6) is 0 Å². The van der Waals surface area contributed by atoms with E-state index in [-0.39, 0.29) is 22.2 Å². The number of benzene rings is 1. The summed E-state index contributed by atoms with van der Waals surface area (Å²) in [7, 11) is -17.9. The molecule has 1 aromatic rings. The molecular formula is C46H30F12N2O6P2. The van der Waals surface area contributed by atoms with Crippen LogP contribution in [0.3, 0.4) is 0 Å². The van der Waals surface area contributed by atoms with E-state index >= 15 is 0 Å². The standard InChI is InChI=1S/C46H30N2O6.2F6P/c1-47-33-19-11-3-7-15-29(33)39(43(47)49)37(40-30-16-8-4-12-20-34(30)48(2)44(40)50)27-23-25-28(26-24-27)38(41-31-17-9-5-13-21-35(31)53-45(41)51)42-32-18-10-6-14-22-36(32)54-46(42)52;2*1-7(2,3,4,5)6/h3-26H,1-2H3;;/q+2;2*-1. The van der Waals surface area contributed by atoms with Crippen LogP contribution >= 0.6 is 15.6 Å². The van der Waals surface area contributed by atoms with Gasteiger partial charge in [0.2, 0.25) is 0 Å². The van der Waals surface area contributed by atoms with Crippen molar-refractivity contribution in [2.24, 2.45) is 14.1 Å². The molecule has 0 N–H and O–H groups in total. The number of fused-ring (bicyclic) bond motifs is 4. The number of furan rings is 2. The third-order valence-corrected chi connectivity index (χ3v) is 10.1. The Morgan fingerprint density at radius 2 is 0.632 bits per heavy atom. The van der Waals surface area contributed by atoms with Crippen molar-refractivity contribution in [3.8, 4) is 45.2 Å². The van der Waals surface area contributed by atoms with Crippen LogP contribution < -0.4 is 22.4 Å². The summed E-state index contributed by atoms with van der Waals surface area (Å²) >= 11 is 0. The van der Waals surface area contributed by atoms with Crippen LogP contribution in [-0.2, 0) is 14.1 Å². The fourth-order valence-corrected chi connectivity index (χ4v) is 7.63. The van der Waals surface area contributed by atoms with Gasteiger partial charge in [0.05, 0.1) is 56.6 Å². The molecule has 0 fully saturated rings. The molecule has 0 aromatic heterocycles. The molecule has 4 heterocycles. The Balaban J connectivity index is 0.000000428. The molecule has 0 radical (unpaired) electrons. The van der Waals surface area contributed by atoms with E-state index in [1.54, 1.807) is 71.8 Å². The van der Waals surface area contributed by atoms with Crippen molar-refractivity contribution in [2.75, 3.05) is 0 Å². The predicted molar refractivity (Wildman–Crippen MR) is 234 cm³/mol. The van der Waals surface area contributed by atoms with Crippen molar-refractivity contribution in [1.29, 1.82) is 0 Å². The first kappa shape index (κ1) is 48.6. The fourth-order valence-electron chi connectivity index (χ4n) is 7.63. The van der Waals surface area contributed by atoms with Crippen molar-refractivity contribution in [2.45, 2.75) is 0 Å². The van der Waals surface area contributed by atoms with Crippen LogP contribution in [-0.4, -0.2) is 9.13 Å². The second-order valence-corrected chi connectivity index (χ2v) is 18.9. The molecular weight excluding hydrogens is 966 g/mol. The van der Waals surface area contributed by atoms with Crippen molar-refractivity contribution in [3.05, 3.63) is 232 Å². The van der Waals surface area contributed by atoms with Crippen LogP contribution in [0.25, 0.3) is 45.2 Å². The van der Waals surface area contributed by atoms with E-state index in [2.05, 4.69) is 0 Å². The molecule has 0 spiro atoms. The number of aromatic nitrogens is 2. The van der Waals surface area contributed by atoms with Crippen LogP contribution in [0, 0.1) is 11.8 Å². The molecule has 0 unspecified atom stereocenters. The van der Waals surface area contributed by atoms with Gasteiger partial charge in [-0.1, -0.05) is 72.8 Å². The van der Waals surface area contributed by atoms with Gasteiger partial charge in [-0.3, -0.25) is 9.13 Å². The molecule has 354 valence electrons. The van der Waals surface area contributed by atoms with Crippen LogP contribution in [0.2, 0.25) is 0 Å². The second-order valence-electron chi connectivity index (χ2n) is 15.0. The van der Waals surface area contributed by atoms with Gasteiger partial charge in [-0.25, -0.2) is 19.2 Å². The zero-order chi connectivity index (χ0) is 49.9. The zero-order valence-corrected chi connectivity index (χ0v) is 36.4. The first-order valence-electron chi connectivity index (χ1n) is 19.4. The first-order chi connectivity index (χ1) is 31.2. The van der Waals surface area contributed by atoms with Crippen LogP contribution in [0.15, 0.2) is 174 Å². The van der Waals surface area contributed by atoms with Crippen LogP contribution in [0.1, 0.15) is 33.4 Å². The molecule has 9 rings (SSSR count). The zero-order valence-electron chi connectivity index (χ0n) is 34.6. The van der Waals surface area contributed by atoms with E-state index in [1.165, 1.54) is 0 Å². The molecule has 0 saturated heterocycles.